The van der Waals surface area contributed by atoms with Crippen LogP contribution < -0.4 is 0 Å². The van der Waals surface area contributed by atoms with Crippen molar-refractivity contribution in [3.8, 4) is 11.3 Å². The molecule has 5 nitrogen and oxygen atoms in total. The van der Waals surface area contributed by atoms with Gasteiger partial charge in [0.2, 0.25) is 0 Å². The number of rotatable bonds is 2. The summed E-state index contributed by atoms with van der Waals surface area (Å²) in [6.45, 7) is 1.77. The molecule has 20 heavy (non-hydrogen) atoms. The second-order valence-corrected chi connectivity index (χ2v) is 4.37. The summed E-state index contributed by atoms with van der Waals surface area (Å²) >= 11 is 0. The van der Waals surface area contributed by atoms with Gasteiger partial charge in [-0.3, -0.25) is 0 Å². The zero-order valence-electron chi connectivity index (χ0n) is 10.5. The minimum atomic E-state index is -1.14. The van der Waals surface area contributed by atoms with Gasteiger partial charge in [-0.2, -0.15) is 5.10 Å². The third kappa shape index (κ3) is 1.82. The Morgan fingerprint density at radius 3 is 2.80 bits per heavy atom. The standard InChI is InChI=1S/C14H10FN3O2/c1-8-7-16-18-12(14(19)20)6-11(17-13(8)18)9-4-2-3-5-10(9)15/h2-7H,1H3,(H,19,20). The van der Waals surface area contributed by atoms with Crippen molar-refractivity contribution in [2.75, 3.05) is 0 Å². The molecule has 0 fully saturated rings. The lowest BCUT2D eigenvalue weighted by molar-refractivity contribution is 0.0687. The molecular formula is C14H10FN3O2. The van der Waals surface area contributed by atoms with E-state index in [2.05, 4.69) is 10.1 Å². The molecule has 0 radical (unpaired) electrons. The van der Waals surface area contributed by atoms with E-state index in [-0.39, 0.29) is 17.0 Å². The van der Waals surface area contributed by atoms with Crippen LogP contribution >= 0.6 is 0 Å². The minimum Gasteiger partial charge on any atom is -0.477 e. The van der Waals surface area contributed by atoms with Crippen LogP contribution in [0.15, 0.2) is 36.5 Å². The molecule has 0 saturated carbocycles. The van der Waals surface area contributed by atoms with Gasteiger partial charge in [0.05, 0.1) is 11.9 Å². The van der Waals surface area contributed by atoms with E-state index in [0.29, 0.717) is 5.65 Å². The molecule has 0 unspecified atom stereocenters. The van der Waals surface area contributed by atoms with Crippen LogP contribution in [0.2, 0.25) is 0 Å². The van der Waals surface area contributed by atoms with Crippen LogP contribution in [0.3, 0.4) is 0 Å². The normalized spacial score (nSPS) is 10.9. The lowest BCUT2D eigenvalue weighted by Crippen LogP contribution is -2.08. The fourth-order valence-electron chi connectivity index (χ4n) is 2.03. The highest BCUT2D eigenvalue weighted by Crippen LogP contribution is 2.23. The zero-order chi connectivity index (χ0) is 14.3. The van der Waals surface area contributed by atoms with Crippen molar-refractivity contribution in [3.63, 3.8) is 0 Å². The van der Waals surface area contributed by atoms with E-state index in [9.17, 15) is 14.3 Å². The maximum absolute atomic E-state index is 13.8. The number of hydrogen-bond donors (Lipinski definition) is 1. The van der Waals surface area contributed by atoms with E-state index in [1.807, 2.05) is 0 Å². The van der Waals surface area contributed by atoms with Gasteiger partial charge in [0, 0.05) is 11.1 Å². The van der Waals surface area contributed by atoms with Gasteiger partial charge < -0.3 is 5.11 Å². The van der Waals surface area contributed by atoms with Crippen molar-refractivity contribution >= 4 is 11.6 Å². The molecule has 0 amide bonds. The molecule has 100 valence electrons. The van der Waals surface area contributed by atoms with Gasteiger partial charge in [-0.15, -0.1) is 0 Å². The number of nitrogens with zero attached hydrogens (tertiary/aromatic N) is 3. The Balaban J connectivity index is 2.35. The molecule has 6 heteroatoms. The van der Waals surface area contributed by atoms with Crippen molar-refractivity contribution < 1.29 is 14.3 Å². The van der Waals surface area contributed by atoms with Crippen LogP contribution in [0.25, 0.3) is 16.9 Å². The third-order valence-electron chi connectivity index (χ3n) is 3.02. The number of fused-ring (bicyclic) bond motifs is 1. The zero-order valence-corrected chi connectivity index (χ0v) is 10.5. The Morgan fingerprint density at radius 2 is 2.10 bits per heavy atom. The van der Waals surface area contributed by atoms with Gasteiger partial charge in [0.15, 0.2) is 11.3 Å². The van der Waals surface area contributed by atoms with Crippen molar-refractivity contribution in [1.29, 1.82) is 0 Å². The maximum Gasteiger partial charge on any atom is 0.354 e. The monoisotopic (exact) mass is 271 g/mol. The molecule has 1 aromatic carbocycles. The van der Waals surface area contributed by atoms with Gasteiger partial charge in [0.25, 0.3) is 0 Å². The first-order valence-corrected chi connectivity index (χ1v) is 5.91. The van der Waals surface area contributed by atoms with Crippen LogP contribution in [-0.4, -0.2) is 25.7 Å². The quantitative estimate of drug-likeness (QED) is 0.777. The van der Waals surface area contributed by atoms with Crippen molar-refractivity contribution in [3.05, 3.63) is 53.6 Å². The van der Waals surface area contributed by atoms with Crippen molar-refractivity contribution in [2.45, 2.75) is 6.92 Å². The molecular weight excluding hydrogens is 261 g/mol. The molecule has 0 aliphatic heterocycles. The number of benzene rings is 1. The first kappa shape index (κ1) is 12.3. The SMILES string of the molecule is Cc1cnn2c(C(=O)O)cc(-c3ccccc3F)nc12. The number of carboxylic acids is 1. The van der Waals surface area contributed by atoms with Gasteiger partial charge in [-0.1, -0.05) is 12.1 Å². The Labute approximate surface area is 113 Å². The fourth-order valence-corrected chi connectivity index (χ4v) is 2.03. The van der Waals surface area contributed by atoms with Crippen LogP contribution in [-0.2, 0) is 0 Å². The largest absolute Gasteiger partial charge is 0.477 e. The smallest absolute Gasteiger partial charge is 0.354 e. The van der Waals surface area contributed by atoms with E-state index >= 15 is 0 Å². The molecule has 0 saturated heterocycles. The molecule has 0 spiro atoms. The summed E-state index contributed by atoms with van der Waals surface area (Å²) in [7, 11) is 0. The molecule has 0 aliphatic carbocycles. The van der Waals surface area contributed by atoms with Crippen LogP contribution in [0.5, 0.6) is 0 Å². The number of carbonyl (C=O) groups is 1. The average Bonchev–Trinajstić information content (AvgIpc) is 2.80. The topological polar surface area (TPSA) is 67.5 Å². The third-order valence-corrected chi connectivity index (χ3v) is 3.02. The van der Waals surface area contributed by atoms with Crippen molar-refractivity contribution in [2.24, 2.45) is 0 Å². The predicted molar refractivity (Wildman–Crippen MR) is 70.1 cm³/mol. The molecule has 0 atom stereocenters. The van der Waals surface area contributed by atoms with E-state index in [1.165, 1.54) is 22.8 Å². The van der Waals surface area contributed by atoms with Gasteiger partial charge in [-0.05, 0) is 25.1 Å². The minimum absolute atomic E-state index is 0.0543. The molecule has 0 aliphatic rings. The summed E-state index contributed by atoms with van der Waals surface area (Å²) < 4.78 is 15.1. The number of aromatic nitrogens is 3. The average molecular weight is 271 g/mol. The summed E-state index contributed by atoms with van der Waals surface area (Å²) in [6.07, 6.45) is 1.53. The highest BCUT2D eigenvalue weighted by Gasteiger charge is 2.16. The summed E-state index contributed by atoms with van der Waals surface area (Å²) in [5.74, 6) is -1.59. The van der Waals surface area contributed by atoms with E-state index in [0.717, 1.165) is 5.56 Å². The highest BCUT2D eigenvalue weighted by atomic mass is 19.1. The lowest BCUT2D eigenvalue weighted by atomic mass is 10.1. The molecule has 0 bridgehead atoms. The molecule has 3 rings (SSSR count). The fraction of sp³-hybridized carbons (Fsp3) is 0.0714. The summed E-state index contributed by atoms with van der Waals surface area (Å²) in [5.41, 5.74) is 1.62. The predicted octanol–water partition coefficient (Wildman–Crippen LogP) is 2.54. The lowest BCUT2D eigenvalue weighted by Gasteiger charge is -2.06. The van der Waals surface area contributed by atoms with Crippen LogP contribution in [0.1, 0.15) is 16.1 Å². The summed E-state index contributed by atoms with van der Waals surface area (Å²) in [6, 6.07) is 7.43. The molecule has 3 aromatic rings. The second kappa shape index (κ2) is 4.41. The number of hydrogen-bond acceptors (Lipinski definition) is 3. The van der Waals surface area contributed by atoms with Gasteiger partial charge in [-0.25, -0.2) is 18.7 Å². The number of halogens is 1. The number of carboxylic acid groups (broad SMARTS) is 1. The summed E-state index contributed by atoms with van der Waals surface area (Å²) in [5, 5.41) is 13.2. The Hall–Kier alpha value is -2.76. The maximum atomic E-state index is 13.8. The van der Waals surface area contributed by atoms with Gasteiger partial charge >= 0.3 is 5.97 Å². The summed E-state index contributed by atoms with van der Waals surface area (Å²) in [4.78, 5) is 15.6. The van der Waals surface area contributed by atoms with E-state index < -0.39 is 11.8 Å². The first-order chi connectivity index (χ1) is 9.58. The highest BCUT2D eigenvalue weighted by molar-refractivity contribution is 5.88. The van der Waals surface area contributed by atoms with E-state index in [4.69, 9.17) is 0 Å². The molecule has 2 aromatic heterocycles. The van der Waals surface area contributed by atoms with Crippen molar-refractivity contribution in [1.82, 2.24) is 14.6 Å². The van der Waals surface area contributed by atoms with Crippen LogP contribution in [0.4, 0.5) is 4.39 Å². The molecule has 1 N–H and O–H groups in total. The Kier molecular flexibility index (Phi) is 2.71. The van der Waals surface area contributed by atoms with E-state index in [1.54, 1.807) is 25.1 Å². The number of aryl methyl sites for hydroxylation is 1. The second-order valence-electron chi connectivity index (χ2n) is 4.37. The van der Waals surface area contributed by atoms with Gasteiger partial charge in [0.1, 0.15) is 5.82 Å². The Bertz CT molecular complexity index is 826. The number of aromatic carboxylic acids is 1. The van der Waals surface area contributed by atoms with Crippen LogP contribution in [0, 0.1) is 12.7 Å². The molecule has 2 heterocycles. The Morgan fingerprint density at radius 1 is 1.35 bits per heavy atom. The first-order valence-electron chi connectivity index (χ1n) is 5.91.